The van der Waals surface area contributed by atoms with Crippen LogP contribution in [0.3, 0.4) is 0 Å². The highest BCUT2D eigenvalue weighted by Gasteiger charge is 2.07. The molecule has 3 nitrogen and oxygen atoms in total. The summed E-state index contributed by atoms with van der Waals surface area (Å²) in [5, 5.41) is 6.90. The lowest BCUT2D eigenvalue weighted by Gasteiger charge is -2.21. The van der Waals surface area contributed by atoms with Gasteiger partial charge >= 0.3 is 0 Å². The van der Waals surface area contributed by atoms with Crippen molar-refractivity contribution in [3.05, 3.63) is 0 Å². The molecule has 0 aromatic carbocycles. The Bertz CT molecular complexity index is 160. The second kappa shape index (κ2) is 8.06. The van der Waals surface area contributed by atoms with E-state index in [1.54, 1.807) is 0 Å². The van der Waals surface area contributed by atoms with Gasteiger partial charge in [-0.15, -0.1) is 0 Å². The monoisotopic (exact) mass is 244 g/mol. The molecule has 0 atom stereocenters. The third-order valence-electron chi connectivity index (χ3n) is 2.24. The van der Waals surface area contributed by atoms with Crippen molar-refractivity contribution >= 4 is 0 Å². The number of nitrogens with one attached hydrogen (secondary N) is 2. The molecule has 0 saturated heterocycles. The highest BCUT2D eigenvalue weighted by Crippen LogP contribution is 1.99. The quantitative estimate of drug-likeness (QED) is 0.644. The van der Waals surface area contributed by atoms with E-state index < -0.39 is 0 Å². The third-order valence-corrected chi connectivity index (χ3v) is 2.24. The molecule has 0 bridgehead atoms. The molecule has 0 aliphatic carbocycles. The predicted molar refractivity (Wildman–Crippen MR) is 75.6 cm³/mol. The van der Waals surface area contributed by atoms with Crippen LogP contribution in [0.15, 0.2) is 0 Å². The van der Waals surface area contributed by atoms with E-state index in [1.807, 2.05) is 0 Å². The maximum atomic E-state index is 5.58. The lowest BCUT2D eigenvalue weighted by atomic mass is 10.1. The maximum Gasteiger partial charge on any atom is 0.0478 e. The summed E-state index contributed by atoms with van der Waals surface area (Å²) in [6.45, 7) is 16.9. The number of hydrogen-bond acceptors (Lipinski definition) is 3. The Labute approximate surface area is 108 Å². The number of hydrogen-bond donors (Lipinski definition) is 2. The standard InChI is InChI=1S/C14H32N2O/c1-13(2,3)15-9-7-11-17-12-8-10-16-14(4,5)6/h15-16H,7-12H2,1-6H3. The largest absolute Gasteiger partial charge is 0.381 e. The lowest BCUT2D eigenvalue weighted by Crippen LogP contribution is -2.37. The van der Waals surface area contributed by atoms with Crippen molar-refractivity contribution in [1.82, 2.24) is 10.6 Å². The number of ether oxygens (including phenoxy) is 1. The average molecular weight is 244 g/mol. The van der Waals surface area contributed by atoms with Crippen molar-refractivity contribution in [2.24, 2.45) is 0 Å². The molecular formula is C14H32N2O. The molecule has 17 heavy (non-hydrogen) atoms. The summed E-state index contributed by atoms with van der Waals surface area (Å²) in [5.41, 5.74) is 0.438. The van der Waals surface area contributed by atoms with E-state index in [1.165, 1.54) is 0 Å². The Morgan fingerprint density at radius 1 is 0.706 bits per heavy atom. The molecule has 0 aromatic rings. The van der Waals surface area contributed by atoms with Crippen molar-refractivity contribution in [1.29, 1.82) is 0 Å². The Kier molecular flexibility index (Phi) is 8.01. The minimum atomic E-state index is 0.219. The zero-order valence-corrected chi connectivity index (χ0v) is 12.7. The molecule has 104 valence electrons. The summed E-state index contributed by atoms with van der Waals surface area (Å²) < 4.78 is 5.58. The molecule has 0 aromatic heterocycles. The summed E-state index contributed by atoms with van der Waals surface area (Å²) in [7, 11) is 0. The van der Waals surface area contributed by atoms with Gasteiger partial charge in [0.15, 0.2) is 0 Å². The normalized spacial score (nSPS) is 13.1. The third kappa shape index (κ3) is 15.9. The minimum absolute atomic E-state index is 0.219. The Morgan fingerprint density at radius 2 is 1.06 bits per heavy atom. The fourth-order valence-corrected chi connectivity index (χ4v) is 1.38. The van der Waals surface area contributed by atoms with Gasteiger partial charge < -0.3 is 15.4 Å². The summed E-state index contributed by atoms with van der Waals surface area (Å²) in [6.07, 6.45) is 2.17. The van der Waals surface area contributed by atoms with Crippen LogP contribution >= 0.6 is 0 Å². The van der Waals surface area contributed by atoms with Gasteiger partial charge in [0.2, 0.25) is 0 Å². The molecule has 0 spiro atoms. The van der Waals surface area contributed by atoms with Crippen LogP contribution in [0.5, 0.6) is 0 Å². The van der Waals surface area contributed by atoms with E-state index >= 15 is 0 Å². The maximum absolute atomic E-state index is 5.58. The van der Waals surface area contributed by atoms with Crippen LogP contribution in [-0.2, 0) is 4.74 Å². The molecule has 0 radical (unpaired) electrons. The first-order valence-electron chi connectivity index (χ1n) is 6.78. The Hall–Kier alpha value is -0.120. The van der Waals surface area contributed by atoms with E-state index in [2.05, 4.69) is 52.2 Å². The van der Waals surface area contributed by atoms with E-state index in [4.69, 9.17) is 4.74 Å². The van der Waals surface area contributed by atoms with Gasteiger partial charge in [-0.3, -0.25) is 0 Å². The summed E-state index contributed by atoms with van der Waals surface area (Å²) >= 11 is 0. The van der Waals surface area contributed by atoms with Crippen LogP contribution in [0, 0.1) is 0 Å². The second-order valence-corrected chi connectivity index (χ2v) is 6.67. The van der Waals surface area contributed by atoms with E-state index in [-0.39, 0.29) is 11.1 Å². The van der Waals surface area contributed by atoms with E-state index in [0.717, 1.165) is 39.1 Å². The molecule has 3 heteroatoms. The molecule has 2 N–H and O–H groups in total. The van der Waals surface area contributed by atoms with Gasteiger partial charge in [-0.25, -0.2) is 0 Å². The smallest absolute Gasteiger partial charge is 0.0478 e. The van der Waals surface area contributed by atoms with Crippen LogP contribution in [-0.4, -0.2) is 37.4 Å². The molecular weight excluding hydrogens is 212 g/mol. The van der Waals surface area contributed by atoms with Crippen LogP contribution in [0.25, 0.3) is 0 Å². The molecule has 0 amide bonds. The van der Waals surface area contributed by atoms with Gasteiger partial charge in [-0.1, -0.05) is 0 Å². The molecule has 0 saturated carbocycles. The van der Waals surface area contributed by atoms with Gasteiger partial charge in [-0.2, -0.15) is 0 Å². The fourth-order valence-electron chi connectivity index (χ4n) is 1.38. The van der Waals surface area contributed by atoms with E-state index in [9.17, 15) is 0 Å². The van der Waals surface area contributed by atoms with Crippen molar-refractivity contribution in [2.75, 3.05) is 26.3 Å². The van der Waals surface area contributed by atoms with Gasteiger partial charge in [0.25, 0.3) is 0 Å². The Morgan fingerprint density at radius 3 is 1.35 bits per heavy atom. The van der Waals surface area contributed by atoms with Crippen molar-refractivity contribution in [3.8, 4) is 0 Å². The minimum Gasteiger partial charge on any atom is -0.381 e. The predicted octanol–water partition coefficient (Wildman–Crippen LogP) is 2.56. The molecule has 0 heterocycles. The van der Waals surface area contributed by atoms with Crippen LogP contribution in [0.2, 0.25) is 0 Å². The van der Waals surface area contributed by atoms with E-state index in [0.29, 0.717) is 0 Å². The van der Waals surface area contributed by atoms with Gasteiger partial charge in [0.1, 0.15) is 0 Å². The van der Waals surface area contributed by atoms with Crippen LogP contribution < -0.4 is 10.6 Å². The molecule has 0 unspecified atom stereocenters. The van der Waals surface area contributed by atoms with Gasteiger partial charge in [0, 0.05) is 24.3 Å². The molecule has 0 rings (SSSR count). The topological polar surface area (TPSA) is 33.3 Å². The van der Waals surface area contributed by atoms with Crippen molar-refractivity contribution < 1.29 is 4.74 Å². The molecule has 0 fully saturated rings. The lowest BCUT2D eigenvalue weighted by molar-refractivity contribution is 0.126. The first kappa shape index (κ1) is 16.9. The van der Waals surface area contributed by atoms with Crippen LogP contribution in [0.4, 0.5) is 0 Å². The summed E-state index contributed by atoms with van der Waals surface area (Å²) in [5.74, 6) is 0. The first-order valence-corrected chi connectivity index (χ1v) is 6.78. The Balaban J connectivity index is 3.15. The summed E-state index contributed by atoms with van der Waals surface area (Å²) in [6, 6.07) is 0. The highest BCUT2D eigenvalue weighted by molar-refractivity contribution is 4.70. The first-order chi connectivity index (χ1) is 7.71. The second-order valence-electron chi connectivity index (χ2n) is 6.67. The SMILES string of the molecule is CC(C)(C)NCCCOCCCNC(C)(C)C. The molecule has 0 aliphatic rings. The van der Waals surface area contributed by atoms with Crippen LogP contribution in [0.1, 0.15) is 54.4 Å². The van der Waals surface area contributed by atoms with Crippen molar-refractivity contribution in [3.63, 3.8) is 0 Å². The highest BCUT2D eigenvalue weighted by atomic mass is 16.5. The van der Waals surface area contributed by atoms with Crippen molar-refractivity contribution in [2.45, 2.75) is 65.5 Å². The molecule has 0 aliphatic heterocycles. The average Bonchev–Trinajstić information content (AvgIpc) is 2.11. The number of rotatable bonds is 8. The zero-order chi connectivity index (χ0) is 13.4. The van der Waals surface area contributed by atoms with Gasteiger partial charge in [-0.05, 0) is 67.5 Å². The zero-order valence-electron chi connectivity index (χ0n) is 12.7. The fraction of sp³-hybridized carbons (Fsp3) is 1.00. The van der Waals surface area contributed by atoms with Gasteiger partial charge in [0.05, 0.1) is 0 Å². The summed E-state index contributed by atoms with van der Waals surface area (Å²) in [4.78, 5) is 0.